The Morgan fingerprint density at radius 3 is 2.81 bits per heavy atom. The van der Waals surface area contributed by atoms with E-state index in [1.54, 1.807) is 0 Å². The summed E-state index contributed by atoms with van der Waals surface area (Å²) in [4.78, 5) is 0. The molecular weight excluding hydrogens is 309 g/mol. The number of nitrogens with one attached hydrogen (secondary N) is 1. The van der Waals surface area contributed by atoms with Crippen molar-refractivity contribution in [3.8, 4) is 11.5 Å². The summed E-state index contributed by atoms with van der Waals surface area (Å²) in [5.74, 6) is -1.18. The number of aromatic hydroxyl groups is 1. The first-order valence-corrected chi connectivity index (χ1v) is 5.89. The van der Waals surface area contributed by atoms with Crippen LogP contribution in [-0.4, -0.2) is 33.3 Å². The Bertz CT molecular complexity index is 736. The third-order valence-electron chi connectivity index (χ3n) is 2.43. The lowest BCUT2D eigenvalue weighted by Crippen LogP contribution is -2.12. The number of phenols is 1. The summed E-state index contributed by atoms with van der Waals surface area (Å²) in [6.45, 7) is 0. The molecule has 0 atom stereocenters. The van der Waals surface area contributed by atoms with E-state index in [0.29, 0.717) is 10.2 Å². The van der Waals surface area contributed by atoms with Crippen molar-refractivity contribution in [2.24, 2.45) is 5.10 Å². The Hall–Kier alpha value is -2.36. The van der Waals surface area contributed by atoms with Crippen molar-refractivity contribution in [2.45, 2.75) is 6.18 Å². The van der Waals surface area contributed by atoms with Crippen molar-refractivity contribution in [3.05, 3.63) is 34.4 Å². The number of halogens is 3. The van der Waals surface area contributed by atoms with Gasteiger partial charge >= 0.3 is 6.18 Å². The molecule has 0 amide bonds. The average Bonchev–Trinajstić information content (AvgIpc) is 2.79. The highest BCUT2D eigenvalue weighted by Gasteiger charge is 2.37. The quantitative estimate of drug-likeness (QED) is 0.674. The number of phenolic OH excluding ortho intramolecular Hbond substituents is 1. The molecule has 6 nitrogen and oxygen atoms in total. The van der Waals surface area contributed by atoms with Gasteiger partial charge in [0.15, 0.2) is 11.5 Å². The van der Waals surface area contributed by atoms with Crippen LogP contribution in [0.4, 0.5) is 13.2 Å². The molecule has 0 aliphatic carbocycles. The minimum absolute atomic E-state index is 0.0921. The zero-order valence-electron chi connectivity index (χ0n) is 10.5. The molecule has 0 aliphatic rings. The summed E-state index contributed by atoms with van der Waals surface area (Å²) in [6, 6.07) is 4.20. The van der Waals surface area contributed by atoms with Crippen LogP contribution in [0, 0.1) is 4.77 Å². The van der Waals surface area contributed by atoms with Crippen molar-refractivity contribution in [2.75, 3.05) is 7.11 Å². The lowest BCUT2D eigenvalue weighted by atomic mass is 10.2. The number of aromatic nitrogens is 3. The molecule has 0 saturated heterocycles. The van der Waals surface area contributed by atoms with Crippen LogP contribution in [0.25, 0.3) is 0 Å². The van der Waals surface area contributed by atoms with E-state index in [9.17, 15) is 18.3 Å². The number of methoxy groups -OCH3 is 1. The van der Waals surface area contributed by atoms with Gasteiger partial charge in [-0.25, -0.2) is 5.10 Å². The van der Waals surface area contributed by atoms with Crippen LogP contribution in [0.1, 0.15) is 11.4 Å². The van der Waals surface area contributed by atoms with Crippen LogP contribution in [0.5, 0.6) is 11.5 Å². The lowest BCUT2D eigenvalue weighted by Gasteiger charge is -2.05. The van der Waals surface area contributed by atoms with Crippen LogP contribution in [0.15, 0.2) is 23.3 Å². The van der Waals surface area contributed by atoms with Gasteiger partial charge in [0.25, 0.3) is 5.82 Å². The summed E-state index contributed by atoms with van der Waals surface area (Å²) in [5.41, 5.74) is 0.417. The number of rotatable bonds is 3. The molecular formula is C11H9F3N4O2S. The molecule has 0 saturated carbocycles. The van der Waals surface area contributed by atoms with Crippen LogP contribution in [0.2, 0.25) is 0 Å². The zero-order valence-corrected chi connectivity index (χ0v) is 11.4. The Morgan fingerprint density at radius 1 is 1.48 bits per heavy atom. The maximum atomic E-state index is 12.7. The molecule has 2 N–H and O–H groups in total. The zero-order chi connectivity index (χ0) is 15.6. The number of aromatic amines is 1. The number of nitrogens with zero attached hydrogens (tertiary/aromatic N) is 3. The highest BCUT2D eigenvalue weighted by atomic mass is 32.1. The van der Waals surface area contributed by atoms with Crippen molar-refractivity contribution in [3.63, 3.8) is 0 Å². The Morgan fingerprint density at radius 2 is 2.19 bits per heavy atom. The number of benzene rings is 1. The summed E-state index contributed by atoms with van der Waals surface area (Å²) in [5, 5.41) is 18.2. The second-order valence-corrected chi connectivity index (χ2v) is 4.22. The highest BCUT2D eigenvalue weighted by Crippen LogP contribution is 2.28. The number of H-pyrrole nitrogens is 1. The standard InChI is InChI=1S/C11H9F3N4O2S/c1-20-8-4-6(2-3-7(8)19)5-15-18-9(11(12,13)14)16-17-10(18)21/h2-5,19H,1H3,(H,17,21). The van der Waals surface area contributed by atoms with E-state index in [2.05, 4.69) is 10.2 Å². The monoisotopic (exact) mass is 318 g/mol. The molecule has 2 aromatic rings. The summed E-state index contributed by atoms with van der Waals surface area (Å²) >= 11 is 4.69. The van der Waals surface area contributed by atoms with Gasteiger partial charge in [-0.15, -0.1) is 5.10 Å². The molecule has 1 heterocycles. The summed E-state index contributed by atoms with van der Waals surface area (Å²) in [6.07, 6.45) is -3.54. The molecule has 2 rings (SSSR count). The fourth-order valence-corrected chi connectivity index (χ4v) is 1.66. The summed E-state index contributed by atoms with van der Waals surface area (Å²) in [7, 11) is 1.35. The predicted octanol–water partition coefficient (Wildman–Crippen LogP) is 2.56. The fourth-order valence-electron chi connectivity index (χ4n) is 1.48. The first-order valence-electron chi connectivity index (χ1n) is 5.49. The van der Waals surface area contributed by atoms with Crippen molar-refractivity contribution < 1.29 is 23.0 Å². The molecule has 0 radical (unpaired) electrons. The van der Waals surface area contributed by atoms with Crippen LogP contribution < -0.4 is 4.74 Å². The molecule has 0 aliphatic heterocycles. The van der Waals surface area contributed by atoms with E-state index in [1.807, 2.05) is 5.10 Å². The smallest absolute Gasteiger partial charge is 0.453 e. The van der Waals surface area contributed by atoms with E-state index in [4.69, 9.17) is 17.0 Å². The third-order valence-corrected chi connectivity index (χ3v) is 2.69. The second-order valence-electron chi connectivity index (χ2n) is 3.84. The van der Waals surface area contributed by atoms with Gasteiger partial charge in [0.05, 0.1) is 13.3 Å². The molecule has 0 unspecified atom stereocenters. The molecule has 1 aromatic heterocycles. The van der Waals surface area contributed by atoms with Crippen molar-refractivity contribution in [1.29, 1.82) is 0 Å². The fraction of sp³-hybridized carbons (Fsp3) is 0.182. The number of alkyl halides is 3. The van der Waals surface area contributed by atoms with Crippen LogP contribution >= 0.6 is 12.2 Å². The largest absolute Gasteiger partial charge is 0.504 e. The van der Waals surface area contributed by atoms with Gasteiger partial charge in [-0.3, -0.25) is 0 Å². The van der Waals surface area contributed by atoms with Crippen molar-refractivity contribution in [1.82, 2.24) is 14.9 Å². The SMILES string of the molecule is COc1cc(C=Nn2c(C(F)(F)F)n[nH]c2=S)ccc1O. The molecule has 112 valence electrons. The molecule has 0 spiro atoms. The van der Waals surface area contributed by atoms with Gasteiger partial charge in [0.1, 0.15) is 0 Å². The minimum atomic E-state index is -4.68. The van der Waals surface area contributed by atoms with Crippen LogP contribution in [0.3, 0.4) is 0 Å². The van der Waals surface area contributed by atoms with Gasteiger partial charge in [0, 0.05) is 0 Å². The summed E-state index contributed by atoms with van der Waals surface area (Å²) < 4.78 is 43.1. The Labute approximate surface area is 121 Å². The lowest BCUT2D eigenvalue weighted by molar-refractivity contribution is -0.147. The minimum Gasteiger partial charge on any atom is -0.504 e. The van der Waals surface area contributed by atoms with Crippen molar-refractivity contribution >= 4 is 18.4 Å². The van der Waals surface area contributed by atoms with E-state index in [0.717, 1.165) is 6.21 Å². The highest BCUT2D eigenvalue weighted by molar-refractivity contribution is 7.71. The maximum absolute atomic E-state index is 12.7. The first kappa shape index (κ1) is 15.0. The van der Waals surface area contributed by atoms with Gasteiger partial charge in [-0.1, -0.05) is 0 Å². The normalized spacial score (nSPS) is 12.0. The maximum Gasteiger partial charge on any atom is 0.453 e. The van der Waals surface area contributed by atoms with E-state index >= 15 is 0 Å². The number of hydrogen-bond acceptors (Lipinski definition) is 5. The Kier molecular flexibility index (Phi) is 3.98. The molecule has 0 fully saturated rings. The van der Waals surface area contributed by atoms with E-state index < -0.39 is 12.0 Å². The first-order chi connectivity index (χ1) is 9.82. The van der Waals surface area contributed by atoms with E-state index in [1.165, 1.54) is 25.3 Å². The number of ether oxygens (including phenoxy) is 1. The predicted molar refractivity (Wildman–Crippen MR) is 70.1 cm³/mol. The van der Waals surface area contributed by atoms with E-state index in [-0.39, 0.29) is 16.3 Å². The Balaban J connectivity index is 2.39. The topological polar surface area (TPSA) is 75.4 Å². The van der Waals surface area contributed by atoms with Gasteiger partial charge < -0.3 is 9.84 Å². The average molecular weight is 318 g/mol. The van der Waals surface area contributed by atoms with Gasteiger partial charge in [-0.05, 0) is 36.0 Å². The second kappa shape index (κ2) is 5.56. The number of hydrogen-bond donors (Lipinski definition) is 2. The van der Waals surface area contributed by atoms with Gasteiger partial charge in [-0.2, -0.15) is 22.9 Å². The van der Waals surface area contributed by atoms with Gasteiger partial charge in [0.2, 0.25) is 4.77 Å². The molecule has 1 aromatic carbocycles. The molecule has 21 heavy (non-hydrogen) atoms. The third kappa shape index (κ3) is 3.21. The van der Waals surface area contributed by atoms with Crippen LogP contribution in [-0.2, 0) is 6.18 Å². The molecule has 0 bridgehead atoms. The molecule has 10 heteroatoms.